The Morgan fingerprint density at radius 3 is 2.16 bits per heavy atom. The fourth-order valence-corrected chi connectivity index (χ4v) is 3.11. The molecule has 0 bridgehead atoms. The Labute approximate surface area is 213 Å². The molecule has 10 heteroatoms. The lowest BCUT2D eigenvalue weighted by Gasteiger charge is -2.13. The summed E-state index contributed by atoms with van der Waals surface area (Å²) in [5.41, 5.74) is 5.28. The monoisotopic (exact) mass is 505 g/mol. The highest BCUT2D eigenvalue weighted by atomic mass is 16.5. The molecule has 3 aromatic rings. The van der Waals surface area contributed by atoms with E-state index in [0.29, 0.717) is 35.0 Å². The predicted octanol–water partition coefficient (Wildman–Crippen LogP) is 4.42. The van der Waals surface area contributed by atoms with Gasteiger partial charge in [-0.3, -0.25) is 10.2 Å². The van der Waals surface area contributed by atoms with Gasteiger partial charge in [-0.05, 0) is 86.1 Å². The Morgan fingerprint density at radius 2 is 1.51 bits per heavy atom. The van der Waals surface area contributed by atoms with Gasteiger partial charge in [0.2, 0.25) is 0 Å². The number of amides is 1. The summed E-state index contributed by atoms with van der Waals surface area (Å²) >= 11 is 0. The first-order chi connectivity index (χ1) is 17.9. The number of hydrogen-bond acceptors (Lipinski definition) is 8. The Balaban J connectivity index is 1.56. The molecule has 0 radical (unpaired) electrons. The van der Waals surface area contributed by atoms with Crippen LogP contribution < -0.4 is 20.2 Å². The van der Waals surface area contributed by atoms with Crippen LogP contribution in [0.3, 0.4) is 0 Å². The molecule has 0 saturated heterocycles. The van der Waals surface area contributed by atoms with Crippen LogP contribution in [0.25, 0.3) is 0 Å². The summed E-state index contributed by atoms with van der Waals surface area (Å²) in [6.45, 7) is 3.99. The van der Waals surface area contributed by atoms with Gasteiger partial charge in [-0.2, -0.15) is 5.10 Å². The summed E-state index contributed by atoms with van der Waals surface area (Å²) in [6, 6.07) is 17.7. The lowest BCUT2D eigenvalue weighted by molar-refractivity contribution is -0.118. The molecule has 0 atom stereocenters. The highest BCUT2D eigenvalue weighted by Gasteiger charge is 2.11. The Hall–Kier alpha value is -4.86. The lowest BCUT2D eigenvalue weighted by atomic mass is 10.2. The molecule has 3 aromatic carbocycles. The number of hydrazone groups is 1. The van der Waals surface area contributed by atoms with Crippen LogP contribution >= 0.6 is 0 Å². The van der Waals surface area contributed by atoms with E-state index in [4.69, 9.17) is 19.3 Å². The molecule has 0 aliphatic rings. The van der Waals surface area contributed by atoms with Crippen molar-refractivity contribution >= 4 is 35.4 Å². The van der Waals surface area contributed by atoms with E-state index in [2.05, 4.69) is 15.8 Å². The molecule has 0 heterocycles. The maximum Gasteiger partial charge on any atom is 0.338 e. The number of carboxylic acid groups (broad SMARTS) is 1. The zero-order valence-electron chi connectivity index (χ0n) is 20.4. The average molecular weight is 506 g/mol. The van der Waals surface area contributed by atoms with Crippen LogP contribution in [0, 0.1) is 0 Å². The topological polar surface area (TPSA) is 136 Å². The van der Waals surface area contributed by atoms with Crippen molar-refractivity contribution in [1.29, 1.82) is 0 Å². The smallest absolute Gasteiger partial charge is 0.338 e. The van der Waals surface area contributed by atoms with Gasteiger partial charge < -0.3 is 24.6 Å². The molecule has 37 heavy (non-hydrogen) atoms. The zero-order chi connectivity index (χ0) is 26.6. The third-order valence-electron chi connectivity index (χ3n) is 4.85. The largest absolute Gasteiger partial charge is 0.490 e. The second-order valence-corrected chi connectivity index (χ2v) is 7.53. The van der Waals surface area contributed by atoms with Gasteiger partial charge in [0, 0.05) is 5.69 Å². The Bertz CT molecular complexity index is 1260. The van der Waals surface area contributed by atoms with Crippen molar-refractivity contribution < 1.29 is 33.7 Å². The first-order valence-electron chi connectivity index (χ1n) is 11.5. The van der Waals surface area contributed by atoms with Crippen LogP contribution in [0.1, 0.15) is 40.1 Å². The predicted molar refractivity (Wildman–Crippen MR) is 139 cm³/mol. The number of rotatable bonds is 12. The van der Waals surface area contributed by atoms with Crippen molar-refractivity contribution in [2.75, 3.05) is 30.6 Å². The normalized spacial score (nSPS) is 10.5. The van der Waals surface area contributed by atoms with Crippen molar-refractivity contribution in [2.45, 2.75) is 13.8 Å². The summed E-state index contributed by atoms with van der Waals surface area (Å²) < 4.78 is 16.2. The van der Waals surface area contributed by atoms with Crippen molar-refractivity contribution in [3.05, 3.63) is 83.4 Å². The molecule has 3 rings (SSSR count). The number of hydrogen-bond donors (Lipinski definition) is 3. The van der Waals surface area contributed by atoms with Gasteiger partial charge in [-0.1, -0.05) is 0 Å². The SMILES string of the molecule is CCOC(=O)c1ccc(NC(=O)COc2ccc(C=NNc3ccc(C(=O)O)cc3)cc2OCC)cc1. The third kappa shape index (κ3) is 8.10. The minimum Gasteiger partial charge on any atom is -0.490 e. The minimum absolute atomic E-state index is 0.187. The molecule has 0 unspecified atom stereocenters. The van der Waals surface area contributed by atoms with Gasteiger partial charge >= 0.3 is 11.9 Å². The van der Waals surface area contributed by atoms with E-state index in [-0.39, 0.29) is 24.7 Å². The van der Waals surface area contributed by atoms with Crippen molar-refractivity contribution in [3.63, 3.8) is 0 Å². The van der Waals surface area contributed by atoms with E-state index in [0.717, 1.165) is 5.56 Å². The van der Waals surface area contributed by atoms with Gasteiger partial charge in [0.25, 0.3) is 5.91 Å². The highest BCUT2D eigenvalue weighted by Crippen LogP contribution is 2.28. The first-order valence-corrected chi connectivity index (χ1v) is 11.5. The molecule has 10 nitrogen and oxygen atoms in total. The number of carbonyl (C=O) groups is 3. The van der Waals surface area contributed by atoms with Crippen molar-refractivity contribution in [3.8, 4) is 11.5 Å². The fraction of sp³-hybridized carbons (Fsp3) is 0.185. The number of anilines is 2. The van der Waals surface area contributed by atoms with Crippen molar-refractivity contribution in [2.24, 2.45) is 5.10 Å². The lowest BCUT2D eigenvalue weighted by Crippen LogP contribution is -2.20. The molecule has 3 N–H and O–H groups in total. The fourth-order valence-electron chi connectivity index (χ4n) is 3.11. The first kappa shape index (κ1) is 26.7. The van der Waals surface area contributed by atoms with Crippen molar-refractivity contribution in [1.82, 2.24) is 0 Å². The molecule has 0 spiro atoms. The van der Waals surface area contributed by atoms with Crippen LogP contribution in [0.15, 0.2) is 71.8 Å². The summed E-state index contributed by atoms with van der Waals surface area (Å²) in [5, 5.41) is 15.8. The average Bonchev–Trinajstić information content (AvgIpc) is 2.89. The van der Waals surface area contributed by atoms with Crippen LogP contribution in [0.5, 0.6) is 11.5 Å². The van der Waals surface area contributed by atoms with E-state index in [1.165, 1.54) is 12.1 Å². The van der Waals surface area contributed by atoms with Crippen LogP contribution in [0.2, 0.25) is 0 Å². The Kier molecular flexibility index (Phi) is 9.60. The summed E-state index contributed by atoms with van der Waals surface area (Å²) in [7, 11) is 0. The third-order valence-corrected chi connectivity index (χ3v) is 4.85. The molecule has 1 amide bonds. The molecule has 192 valence electrons. The van der Waals surface area contributed by atoms with Gasteiger partial charge in [0.15, 0.2) is 18.1 Å². The van der Waals surface area contributed by atoms with E-state index in [1.54, 1.807) is 67.7 Å². The van der Waals surface area contributed by atoms with E-state index in [1.807, 2.05) is 6.92 Å². The molecule has 0 aliphatic heterocycles. The summed E-state index contributed by atoms with van der Waals surface area (Å²) in [5.74, 6) is -0.961. The second kappa shape index (κ2) is 13.3. The van der Waals surface area contributed by atoms with Crippen LogP contribution in [-0.4, -0.2) is 49.0 Å². The van der Waals surface area contributed by atoms with E-state index < -0.39 is 11.9 Å². The molecule has 0 aromatic heterocycles. The van der Waals surface area contributed by atoms with Crippen LogP contribution in [-0.2, 0) is 9.53 Å². The number of esters is 1. The molecule has 0 fully saturated rings. The maximum atomic E-state index is 12.3. The molecular formula is C27H27N3O7. The minimum atomic E-state index is -0.997. The number of aromatic carboxylic acids is 1. The highest BCUT2D eigenvalue weighted by molar-refractivity contribution is 5.94. The summed E-state index contributed by atoms with van der Waals surface area (Å²) in [6.07, 6.45) is 1.57. The number of carboxylic acids is 1. The van der Waals surface area contributed by atoms with Crippen LogP contribution in [0.4, 0.5) is 11.4 Å². The number of nitrogens with one attached hydrogen (secondary N) is 2. The molecule has 0 saturated carbocycles. The summed E-state index contributed by atoms with van der Waals surface area (Å²) in [4.78, 5) is 35.0. The van der Waals surface area contributed by atoms with Gasteiger partial charge in [0.05, 0.1) is 36.2 Å². The van der Waals surface area contributed by atoms with Gasteiger partial charge in [0.1, 0.15) is 0 Å². The second-order valence-electron chi connectivity index (χ2n) is 7.53. The van der Waals surface area contributed by atoms with E-state index in [9.17, 15) is 14.4 Å². The number of ether oxygens (including phenoxy) is 3. The quantitative estimate of drug-likeness (QED) is 0.187. The van der Waals surface area contributed by atoms with Gasteiger partial charge in [-0.25, -0.2) is 9.59 Å². The molecular weight excluding hydrogens is 478 g/mol. The number of benzene rings is 3. The van der Waals surface area contributed by atoms with E-state index >= 15 is 0 Å². The maximum absolute atomic E-state index is 12.3. The molecule has 0 aliphatic carbocycles. The number of nitrogens with zero attached hydrogens (tertiary/aromatic N) is 1. The van der Waals surface area contributed by atoms with Gasteiger partial charge in [-0.15, -0.1) is 0 Å². The Morgan fingerprint density at radius 1 is 0.838 bits per heavy atom. The zero-order valence-corrected chi connectivity index (χ0v) is 20.4. The standard InChI is InChI=1S/C27H27N3O7/c1-3-35-24-15-18(16-28-30-22-12-6-19(7-13-22)26(32)33)5-14-23(24)37-17-25(31)29-21-10-8-20(9-11-21)27(34)36-4-2/h5-16,30H,3-4,17H2,1-2H3,(H,29,31)(H,32,33). The number of carbonyl (C=O) groups excluding carboxylic acids is 2.